The zero-order valence-electron chi connectivity index (χ0n) is 19.7. The van der Waals surface area contributed by atoms with E-state index in [1.807, 2.05) is 30.0 Å². The van der Waals surface area contributed by atoms with Gasteiger partial charge in [-0.15, -0.1) is 0 Å². The molecule has 0 radical (unpaired) electrons. The lowest BCUT2D eigenvalue weighted by Crippen LogP contribution is -2.49. The second-order valence-corrected chi connectivity index (χ2v) is 10.5. The van der Waals surface area contributed by atoms with E-state index >= 15 is 0 Å². The Kier molecular flexibility index (Phi) is 8.48. The van der Waals surface area contributed by atoms with Gasteiger partial charge in [0.15, 0.2) is 0 Å². The van der Waals surface area contributed by atoms with Gasteiger partial charge in [-0.05, 0) is 55.7 Å². The number of hydrogen-bond acceptors (Lipinski definition) is 4. The molecule has 0 bridgehead atoms. The van der Waals surface area contributed by atoms with E-state index in [0.717, 1.165) is 5.56 Å². The first-order valence-electron chi connectivity index (χ1n) is 11.8. The van der Waals surface area contributed by atoms with Gasteiger partial charge in [-0.25, -0.2) is 0 Å². The summed E-state index contributed by atoms with van der Waals surface area (Å²) in [5.41, 5.74) is 0.851. The van der Waals surface area contributed by atoms with Gasteiger partial charge in [-0.1, -0.05) is 40.9 Å². The van der Waals surface area contributed by atoms with Crippen LogP contribution in [0.2, 0.25) is 15.1 Å². The van der Waals surface area contributed by atoms with Gasteiger partial charge < -0.3 is 19.3 Å². The smallest absolute Gasteiger partial charge is 0.256 e. The largest absolute Gasteiger partial charge is 0.493 e. The van der Waals surface area contributed by atoms with E-state index in [4.69, 9.17) is 44.3 Å². The fraction of sp³-hybridized carbons (Fsp3) is 0.462. The third-order valence-corrected chi connectivity index (χ3v) is 7.91. The zero-order valence-corrected chi connectivity index (χ0v) is 22.0. The molecule has 2 heterocycles. The van der Waals surface area contributed by atoms with Gasteiger partial charge in [0.05, 0.1) is 35.4 Å². The SMILES string of the molecule is Cc1cc(OCC2(CC(=O)N3CCOCC3)CCN(C(=O)c3c(Cl)cccc3Cl)CC2)ccc1Cl. The van der Waals surface area contributed by atoms with E-state index < -0.39 is 5.41 Å². The number of halogens is 3. The first kappa shape index (κ1) is 26.1. The Labute approximate surface area is 221 Å². The molecule has 2 aliphatic rings. The summed E-state index contributed by atoms with van der Waals surface area (Å²) in [4.78, 5) is 30.0. The number of morpholine rings is 1. The number of ether oxygens (including phenoxy) is 2. The molecule has 2 amide bonds. The highest BCUT2D eigenvalue weighted by atomic mass is 35.5. The summed E-state index contributed by atoms with van der Waals surface area (Å²) in [7, 11) is 0. The summed E-state index contributed by atoms with van der Waals surface area (Å²) < 4.78 is 11.6. The predicted molar refractivity (Wildman–Crippen MR) is 138 cm³/mol. The second-order valence-electron chi connectivity index (χ2n) is 9.26. The third-order valence-electron chi connectivity index (χ3n) is 6.85. The number of carbonyl (C=O) groups is 2. The van der Waals surface area contributed by atoms with Crippen molar-refractivity contribution in [2.45, 2.75) is 26.2 Å². The quantitative estimate of drug-likeness (QED) is 0.486. The summed E-state index contributed by atoms with van der Waals surface area (Å²) in [6.07, 6.45) is 1.61. The number of likely N-dealkylation sites (tertiary alicyclic amines) is 1. The molecule has 2 aliphatic heterocycles. The van der Waals surface area contributed by atoms with Crippen molar-refractivity contribution in [2.75, 3.05) is 46.0 Å². The molecule has 2 aromatic rings. The minimum absolute atomic E-state index is 0.0955. The fourth-order valence-corrected chi connectivity index (χ4v) is 5.28. The second kappa shape index (κ2) is 11.4. The molecule has 0 saturated carbocycles. The molecule has 9 heteroatoms. The lowest BCUT2D eigenvalue weighted by molar-refractivity contribution is -0.139. The lowest BCUT2D eigenvalue weighted by atomic mass is 9.75. The molecule has 0 unspecified atom stereocenters. The van der Waals surface area contributed by atoms with Crippen molar-refractivity contribution in [2.24, 2.45) is 5.41 Å². The summed E-state index contributed by atoms with van der Waals surface area (Å²) >= 11 is 18.7. The first-order valence-corrected chi connectivity index (χ1v) is 12.9. The van der Waals surface area contributed by atoms with Crippen LogP contribution in [-0.4, -0.2) is 67.6 Å². The van der Waals surface area contributed by atoms with Crippen molar-refractivity contribution in [3.63, 3.8) is 0 Å². The Morgan fingerprint density at radius 1 is 0.943 bits per heavy atom. The van der Waals surface area contributed by atoms with Crippen LogP contribution in [0.5, 0.6) is 5.75 Å². The Morgan fingerprint density at radius 2 is 1.60 bits per heavy atom. The van der Waals surface area contributed by atoms with Crippen molar-refractivity contribution in [1.82, 2.24) is 9.80 Å². The number of piperidine rings is 1. The number of hydrogen-bond donors (Lipinski definition) is 0. The van der Waals surface area contributed by atoms with Crippen LogP contribution in [0.15, 0.2) is 36.4 Å². The number of carbonyl (C=O) groups excluding carboxylic acids is 2. The highest BCUT2D eigenvalue weighted by Crippen LogP contribution is 2.38. The maximum Gasteiger partial charge on any atom is 0.256 e. The molecule has 6 nitrogen and oxygen atoms in total. The summed E-state index contributed by atoms with van der Waals surface area (Å²) in [6.45, 7) is 5.58. The third kappa shape index (κ3) is 6.23. The standard InChI is InChI=1S/C26H29Cl3N2O4/c1-18-15-19(5-6-20(18)27)35-17-26(16-23(32)30-11-13-34-14-12-30)7-9-31(10-8-26)25(33)24-21(28)3-2-4-22(24)29/h2-6,15H,7-14,16-17H2,1H3. The van der Waals surface area contributed by atoms with Crippen LogP contribution in [0.25, 0.3) is 0 Å². The molecule has 0 atom stereocenters. The van der Waals surface area contributed by atoms with Crippen molar-refractivity contribution in [3.05, 3.63) is 62.6 Å². The molecule has 4 rings (SSSR count). The predicted octanol–water partition coefficient (Wildman–Crippen LogP) is 5.51. The van der Waals surface area contributed by atoms with Gasteiger partial charge in [-0.3, -0.25) is 9.59 Å². The molecule has 2 aromatic carbocycles. The normalized spacial score (nSPS) is 17.8. The van der Waals surface area contributed by atoms with E-state index in [-0.39, 0.29) is 11.8 Å². The monoisotopic (exact) mass is 538 g/mol. The van der Waals surface area contributed by atoms with E-state index in [1.54, 1.807) is 23.1 Å². The molecule has 0 spiro atoms. The van der Waals surface area contributed by atoms with Gasteiger partial charge in [-0.2, -0.15) is 0 Å². The van der Waals surface area contributed by atoms with E-state index in [9.17, 15) is 9.59 Å². The van der Waals surface area contributed by atoms with Gasteiger partial charge in [0.2, 0.25) is 5.91 Å². The average molecular weight is 540 g/mol. The number of rotatable bonds is 6. The van der Waals surface area contributed by atoms with E-state index in [0.29, 0.717) is 91.6 Å². The molecular formula is C26H29Cl3N2O4. The summed E-state index contributed by atoms with van der Waals surface area (Å²) in [6, 6.07) is 10.6. The summed E-state index contributed by atoms with van der Waals surface area (Å²) in [5.74, 6) is 0.618. The minimum Gasteiger partial charge on any atom is -0.493 e. The topological polar surface area (TPSA) is 59.1 Å². The highest BCUT2D eigenvalue weighted by Gasteiger charge is 2.40. The molecule has 188 valence electrons. The van der Waals surface area contributed by atoms with Crippen LogP contribution < -0.4 is 4.74 Å². The summed E-state index contributed by atoms with van der Waals surface area (Å²) in [5, 5.41) is 1.35. The highest BCUT2D eigenvalue weighted by molar-refractivity contribution is 6.39. The van der Waals surface area contributed by atoms with Crippen molar-refractivity contribution in [1.29, 1.82) is 0 Å². The van der Waals surface area contributed by atoms with E-state index in [2.05, 4.69) is 0 Å². The van der Waals surface area contributed by atoms with Crippen LogP contribution in [-0.2, 0) is 9.53 Å². The Bertz CT molecular complexity index is 1060. The Morgan fingerprint density at radius 3 is 2.23 bits per heavy atom. The number of nitrogens with zero attached hydrogens (tertiary/aromatic N) is 2. The van der Waals surface area contributed by atoms with Crippen LogP contribution in [0.4, 0.5) is 0 Å². The Hall–Kier alpha value is -1.99. The molecule has 0 N–H and O–H groups in total. The van der Waals surface area contributed by atoms with Gasteiger partial charge in [0.25, 0.3) is 5.91 Å². The molecular weight excluding hydrogens is 511 g/mol. The molecule has 0 aliphatic carbocycles. The molecule has 0 aromatic heterocycles. The zero-order chi connectivity index (χ0) is 25.0. The van der Waals surface area contributed by atoms with Crippen molar-refractivity contribution >= 4 is 46.6 Å². The number of amides is 2. The molecule has 35 heavy (non-hydrogen) atoms. The minimum atomic E-state index is -0.399. The number of aryl methyl sites for hydroxylation is 1. The van der Waals surface area contributed by atoms with Crippen molar-refractivity contribution < 1.29 is 19.1 Å². The van der Waals surface area contributed by atoms with Gasteiger partial charge in [0.1, 0.15) is 5.75 Å². The van der Waals surface area contributed by atoms with Gasteiger partial charge in [0, 0.05) is 43.0 Å². The number of benzene rings is 2. The Balaban J connectivity index is 1.49. The van der Waals surface area contributed by atoms with Crippen molar-refractivity contribution in [3.8, 4) is 5.75 Å². The van der Waals surface area contributed by atoms with Crippen LogP contribution >= 0.6 is 34.8 Å². The van der Waals surface area contributed by atoms with Crippen LogP contribution in [0, 0.1) is 12.3 Å². The molecule has 2 saturated heterocycles. The lowest BCUT2D eigenvalue weighted by Gasteiger charge is -2.42. The van der Waals surface area contributed by atoms with Crippen LogP contribution in [0.1, 0.15) is 35.2 Å². The maximum absolute atomic E-state index is 13.2. The van der Waals surface area contributed by atoms with E-state index in [1.165, 1.54) is 0 Å². The first-order chi connectivity index (χ1) is 16.8. The fourth-order valence-electron chi connectivity index (χ4n) is 4.61. The molecule has 2 fully saturated rings. The average Bonchev–Trinajstić information content (AvgIpc) is 2.85. The van der Waals surface area contributed by atoms with Crippen LogP contribution in [0.3, 0.4) is 0 Å². The van der Waals surface area contributed by atoms with Gasteiger partial charge >= 0.3 is 0 Å². The maximum atomic E-state index is 13.2.